The van der Waals surface area contributed by atoms with Crippen LogP contribution in [0.4, 0.5) is 5.69 Å². The first kappa shape index (κ1) is 20.8. The van der Waals surface area contributed by atoms with E-state index in [1.165, 1.54) is 23.0 Å². The Hall–Kier alpha value is -2.94. The SMILES string of the molecule is CCc1ccccc1NC(=O)CN(C)C(=O)C(C)Sc1ncnc2c1cnn2C. The summed E-state index contributed by atoms with van der Waals surface area (Å²) >= 11 is 1.33. The van der Waals surface area contributed by atoms with E-state index in [-0.39, 0.29) is 18.4 Å². The lowest BCUT2D eigenvalue weighted by molar-refractivity contribution is -0.132. The minimum atomic E-state index is -0.408. The molecule has 8 nitrogen and oxygen atoms in total. The van der Waals surface area contributed by atoms with Crippen molar-refractivity contribution >= 4 is 40.3 Å². The number of aromatic nitrogens is 4. The lowest BCUT2D eigenvalue weighted by Gasteiger charge is -2.21. The van der Waals surface area contributed by atoms with Gasteiger partial charge in [0, 0.05) is 19.8 Å². The molecule has 0 aliphatic carbocycles. The molecule has 0 saturated heterocycles. The molecule has 3 aromatic rings. The predicted molar refractivity (Wildman–Crippen MR) is 114 cm³/mol. The molecule has 152 valence electrons. The number of para-hydroxylation sites is 1. The molecule has 0 aliphatic rings. The van der Waals surface area contributed by atoms with Crippen LogP contribution in [0, 0.1) is 0 Å². The summed E-state index contributed by atoms with van der Waals surface area (Å²) < 4.78 is 1.66. The summed E-state index contributed by atoms with van der Waals surface area (Å²) in [4.78, 5) is 35.1. The number of carbonyl (C=O) groups excluding carboxylic acids is 2. The second-order valence-corrected chi connectivity index (χ2v) is 8.03. The van der Waals surface area contributed by atoms with Crippen LogP contribution in [0.2, 0.25) is 0 Å². The highest BCUT2D eigenvalue weighted by molar-refractivity contribution is 8.00. The fourth-order valence-electron chi connectivity index (χ4n) is 3.00. The molecular weight excluding hydrogens is 388 g/mol. The van der Waals surface area contributed by atoms with Crippen molar-refractivity contribution in [3.63, 3.8) is 0 Å². The zero-order valence-corrected chi connectivity index (χ0v) is 17.7. The van der Waals surface area contributed by atoms with Crippen molar-refractivity contribution in [2.24, 2.45) is 7.05 Å². The normalized spacial score (nSPS) is 12.0. The molecule has 1 aromatic carbocycles. The molecule has 3 rings (SSSR count). The van der Waals surface area contributed by atoms with Crippen LogP contribution >= 0.6 is 11.8 Å². The molecule has 1 N–H and O–H groups in total. The minimum Gasteiger partial charge on any atom is -0.335 e. The Balaban J connectivity index is 1.62. The van der Waals surface area contributed by atoms with Gasteiger partial charge in [0.2, 0.25) is 11.8 Å². The first-order chi connectivity index (χ1) is 13.9. The molecule has 29 heavy (non-hydrogen) atoms. The number of rotatable bonds is 7. The summed E-state index contributed by atoms with van der Waals surface area (Å²) in [6.45, 7) is 3.82. The topological polar surface area (TPSA) is 93.0 Å². The van der Waals surface area contributed by atoms with E-state index < -0.39 is 5.25 Å². The number of amides is 2. The maximum absolute atomic E-state index is 12.8. The molecule has 0 aliphatic heterocycles. The fraction of sp³-hybridized carbons (Fsp3) is 0.350. The van der Waals surface area contributed by atoms with Gasteiger partial charge in [-0.05, 0) is 25.0 Å². The summed E-state index contributed by atoms with van der Waals surface area (Å²) in [7, 11) is 3.44. The third kappa shape index (κ3) is 4.73. The number of hydrogen-bond acceptors (Lipinski definition) is 6. The quantitative estimate of drug-likeness (QED) is 0.473. The molecule has 0 spiro atoms. The van der Waals surface area contributed by atoms with Crippen LogP contribution in [0.3, 0.4) is 0 Å². The number of thioether (sulfide) groups is 1. The van der Waals surface area contributed by atoms with Gasteiger partial charge in [-0.3, -0.25) is 14.3 Å². The van der Waals surface area contributed by atoms with Gasteiger partial charge in [-0.2, -0.15) is 5.10 Å². The Morgan fingerprint density at radius 2 is 2.03 bits per heavy atom. The third-order valence-electron chi connectivity index (χ3n) is 4.56. The standard InChI is InChI=1S/C20H24N6O2S/c1-5-14-8-6-7-9-16(14)24-17(27)11-25(3)20(28)13(2)29-19-15-10-23-26(4)18(15)21-12-22-19/h6-10,12-13H,5,11H2,1-4H3,(H,24,27). The average Bonchev–Trinajstić information content (AvgIpc) is 3.09. The van der Waals surface area contributed by atoms with E-state index in [1.807, 2.05) is 31.2 Å². The Kier molecular flexibility index (Phi) is 6.48. The van der Waals surface area contributed by atoms with Crippen LogP contribution in [0.15, 0.2) is 41.8 Å². The van der Waals surface area contributed by atoms with E-state index in [0.29, 0.717) is 10.7 Å². The molecular formula is C20H24N6O2S. The average molecular weight is 413 g/mol. The molecule has 2 aromatic heterocycles. The van der Waals surface area contributed by atoms with E-state index in [4.69, 9.17) is 0 Å². The first-order valence-corrected chi connectivity index (χ1v) is 10.2. The van der Waals surface area contributed by atoms with Crippen LogP contribution in [0.1, 0.15) is 19.4 Å². The third-order valence-corrected chi connectivity index (χ3v) is 5.66. The van der Waals surface area contributed by atoms with Gasteiger partial charge in [-0.25, -0.2) is 9.97 Å². The van der Waals surface area contributed by atoms with Crippen LogP contribution in [0.25, 0.3) is 11.0 Å². The van der Waals surface area contributed by atoms with Gasteiger partial charge in [0.1, 0.15) is 11.4 Å². The lowest BCUT2D eigenvalue weighted by atomic mass is 10.1. The fourth-order valence-corrected chi connectivity index (χ4v) is 3.99. The number of aryl methyl sites for hydroxylation is 2. The first-order valence-electron chi connectivity index (χ1n) is 9.32. The summed E-state index contributed by atoms with van der Waals surface area (Å²) in [5, 5.41) is 8.17. The highest BCUT2D eigenvalue weighted by Gasteiger charge is 2.22. The second kappa shape index (κ2) is 9.04. The van der Waals surface area contributed by atoms with Crippen molar-refractivity contribution in [1.29, 1.82) is 0 Å². The number of fused-ring (bicyclic) bond motifs is 1. The number of anilines is 1. The number of nitrogens with one attached hydrogen (secondary N) is 1. The van der Waals surface area contributed by atoms with Crippen LogP contribution < -0.4 is 5.32 Å². The largest absolute Gasteiger partial charge is 0.335 e. The van der Waals surface area contributed by atoms with Crippen LogP contribution in [-0.2, 0) is 23.1 Å². The Bertz CT molecular complexity index is 1030. The van der Waals surface area contributed by atoms with E-state index in [2.05, 4.69) is 20.4 Å². The Morgan fingerprint density at radius 3 is 2.79 bits per heavy atom. The van der Waals surface area contributed by atoms with Crippen molar-refractivity contribution < 1.29 is 9.59 Å². The zero-order chi connectivity index (χ0) is 21.0. The molecule has 2 amide bonds. The van der Waals surface area contributed by atoms with Gasteiger partial charge in [-0.1, -0.05) is 36.9 Å². The number of hydrogen-bond donors (Lipinski definition) is 1. The predicted octanol–water partition coefficient (Wildman–Crippen LogP) is 2.50. The van der Waals surface area contributed by atoms with Gasteiger partial charge >= 0.3 is 0 Å². The number of likely N-dealkylation sites (N-methyl/N-ethyl adjacent to an activating group) is 1. The summed E-state index contributed by atoms with van der Waals surface area (Å²) in [5.41, 5.74) is 2.55. The summed E-state index contributed by atoms with van der Waals surface area (Å²) in [6.07, 6.45) is 3.98. The van der Waals surface area contributed by atoms with E-state index in [0.717, 1.165) is 23.1 Å². The Morgan fingerprint density at radius 1 is 1.28 bits per heavy atom. The maximum atomic E-state index is 12.8. The van der Waals surface area contributed by atoms with Crippen molar-refractivity contribution in [3.8, 4) is 0 Å². The second-order valence-electron chi connectivity index (χ2n) is 6.70. The summed E-state index contributed by atoms with van der Waals surface area (Å²) in [6, 6.07) is 7.66. The van der Waals surface area contributed by atoms with Crippen LogP contribution in [-0.4, -0.2) is 55.3 Å². The number of nitrogens with zero attached hydrogens (tertiary/aromatic N) is 5. The molecule has 0 fully saturated rings. The van der Waals surface area contributed by atoms with E-state index in [9.17, 15) is 9.59 Å². The molecule has 2 heterocycles. The maximum Gasteiger partial charge on any atom is 0.243 e. The molecule has 0 bridgehead atoms. The van der Waals surface area contributed by atoms with Crippen LogP contribution in [0.5, 0.6) is 0 Å². The van der Waals surface area contributed by atoms with Crippen molar-refractivity contribution in [2.45, 2.75) is 30.5 Å². The van der Waals surface area contributed by atoms with Gasteiger partial charge < -0.3 is 10.2 Å². The van der Waals surface area contributed by atoms with Crippen molar-refractivity contribution in [3.05, 3.63) is 42.4 Å². The highest BCUT2D eigenvalue weighted by Crippen LogP contribution is 2.28. The molecule has 9 heteroatoms. The van der Waals surface area contributed by atoms with Gasteiger partial charge in [0.25, 0.3) is 0 Å². The van der Waals surface area contributed by atoms with E-state index >= 15 is 0 Å². The lowest BCUT2D eigenvalue weighted by Crippen LogP contribution is -2.39. The van der Waals surface area contributed by atoms with Gasteiger partial charge in [0.05, 0.1) is 23.4 Å². The highest BCUT2D eigenvalue weighted by atomic mass is 32.2. The molecule has 1 atom stereocenters. The van der Waals surface area contributed by atoms with Crippen molar-refractivity contribution in [1.82, 2.24) is 24.6 Å². The van der Waals surface area contributed by atoms with E-state index in [1.54, 1.807) is 31.9 Å². The smallest absolute Gasteiger partial charge is 0.243 e. The molecule has 0 saturated carbocycles. The minimum absolute atomic E-state index is 0.0200. The van der Waals surface area contributed by atoms with Gasteiger partial charge in [0.15, 0.2) is 5.65 Å². The number of benzene rings is 1. The zero-order valence-electron chi connectivity index (χ0n) is 16.9. The monoisotopic (exact) mass is 412 g/mol. The summed E-state index contributed by atoms with van der Waals surface area (Å²) in [5.74, 6) is -0.375. The van der Waals surface area contributed by atoms with Gasteiger partial charge in [-0.15, -0.1) is 0 Å². The Labute approximate surface area is 173 Å². The molecule has 1 unspecified atom stereocenters. The van der Waals surface area contributed by atoms with Crippen molar-refractivity contribution in [2.75, 3.05) is 18.9 Å². The molecule has 0 radical (unpaired) electrons. The number of carbonyl (C=O) groups is 2.